The summed E-state index contributed by atoms with van der Waals surface area (Å²) in [6, 6.07) is 10.1. The number of allylic oxidation sites excluding steroid dienone is 1. The monoisotopic (exact) mass is 460 g/mol. The molecule has 1 heterocycles. The van der Waals surface area contributed by atoms with Gasteiger partial charge in [0.2, 0.25) is 5.69 Å². The average Bonchev–Trinajstić information content (AvgIpc) is 2.86. The highest BCUT2D eigenvalue weighted by molar-refractivity contribution is 7.85. The number of hydrogen-bond donors (Lipinski definition) is 2. The predicted molar refractivity (Wildman–Crippen MR) is 126 cm³/mol. The van der Waals surface area contributed by atoms with Crippen LogP contribution in [0.4, 0.5) is 10.1 Å². The van der Waals surface area contributed by atoms with Crippen molar-refractivity contribution in [3.05, 3.63) is 65.0 Å². The van der Waals surface area contributed by atoms with Crippen LogP contribution in [0.2, 0.25) is 0 Å². The minimum Gasteiger partial charge on any atom is -0.507 e. The van der Waals surface area contributed by atoms with Gasteiger partial charge in [-0.15, -0.1) is 0 Å². The van der Waals surface area contributed by atoms with E-state index < -0.39 is 15.5 Å². The smallest absolute Gasteiger partial charge is 0.265 e. The minimum atomic E-state index is -4.07. The molecule has 2 aromatic carbocycles. The third-order valence-corrected chi connectivity index (χ3v) is 6.76. The van der Waals surface area contributed by atoms with Crippen molar-refractivity contribution < 1.29 is 27.0 Å². The van der Waals surface area contributed by atoms with Crippen molar-refractivity contribution in [3.63, 3.8) is 0 Å². The number of rotatable bonds is 6. The highest BCUT2D eigenvalue weighted by Gasteiger charge is 2.44. The molecule has 0 saturated heterocycles. The fourth-order valence-electron chi connectivity index (χ4n) is 4.12. The van der Waals surface area contributed by atoms with Crippen LogP contribution >= 0.6 is 0 Å². The topological polar surface area (TPSA) is 77.6 Å². The largest absolute Gasteiger partial charge is 0.507 e. The van der Waals surface area contributed by atoms with E-state index in [9.17, 15) is 17.9 Å². The van der Waals surface area contributed by atoms with E-state index in [-0.39, 0.29) is 29.2 Å². The van der Waals surface area contributed by atoms with E-state index in [1.165, 1.54) is 12.1 Å². The molecule has 0 fully saturated rings. The Kier molecular flexibility index (Phi) is 6.37. The lowest BCUT2D eigenvalue weighted by molar-refractivity contribution is -0.437. The maximum atomic E-state index is 14.0. The third kappa shape index (κ3) is 5.10. The molecule has 0 aliphatic carbocycles. The van der Waals surface area contributed by atoms with Crippen LogP contribution < -0.4 is 0 Å². The van der Waals surface area contributed by atoms with Crippen LogP contribution in [0, 0.1) is 5.82 Å². The van der Waals surface area contributed by atoms with Crippen LogP contribution in [-0.2, 0) is 20.9 Å². The first kappa shape index (κ1) is 24.1. The van der Waals surface area contributed by atoms with Gasteiger partial charge in [0.25, 0.3) is 10.1 Å². The van der Waals surface area contributed by atoms with Crippen LogP contribution in [0.3, 0.4) is 0 Å². The molecule has 2 aromatic rings. The molecular weight excluding hydrogens is 429 g/mol. The van der Waals surface area contributed by atoms with E-state index in [1.807, 2.05) is 42.7 Å². The molecule has 0 radical (unpaired) electrons. The van der Waals surface area contributed by atoms with Crippen molar-refractivity contribution in [2.24, 2.45) is 0 Å². The summed E-state index contributed by atoms with van der Waals surface area (Å²) in [4.78, 5) is 0. The molecular formula is C25H31FNO4S+. The zero-order chi connectivity index (χ0) is 23.9. The lowest BCUT2D eigenvalue weighted by Gasteiger charge is -2.20. The maximum Gasteiger partial charge on any atom is 0.265 e. The van der Waals surface area contributed by atoms with Gasteiger partial charge >= 0.3 is 0 Å². The zero-order valence-corrected chi connectivity index (χ0v) is 20.0. The van der Waals surface area contributed by atoms with E-state index in [0.717, 1.165) is 22.5 Å². The van der Waals surface area contributed by atoms with Gasteiger partial charge in [-0.05, 0) is 55.2 Å². The first-order chi connectivity index (χ1) is 14.7. The summed E-state index contributed by atoms with van der Waals surface area (Å²) in [6.07, 6.45) is 3.94. The van der Waals surface area contributed by atoms with Crippen LogP contribution in [0.1, 0.15) is 57.7 Å². The molecule has 5 nitrogen and oxygen atoms in total. The molecule has 0 spiro atoms. The van der Waals surface area contributed by atoms with Gasteiger partial charge in [-0.25, -0.2) is 4.39 Å². The molecule has 2 N–H and O–H groups in total. The number of aromatic hydroxyl groups is 1. The number of phenolic OH excluding ortho intramolecular Hbond substituents is 1. The summed E-state index contributed by atoms with van der Waals surface area (Å²) in [5, 5.41) is 10.4. The van der Waals surface area contributed by atoms with Crippen LogP contribution in [0.25, 0.3) is 6.08 Å². The number of phenols is 1. The summed E-state index contributed by atoms with van der Waals surface area (Å²) in [5.74, 6) is -0.533. The number of halogens is 1. The van der Waals surface area contributed by atoms with Gasteiger partial charge < -0.3 is 5.11 Å². The molecule has 172 valence electrons. The zero-order valence-electron chi connectivity index (χ0n) is 19.2. The highest BCUT2D eigenvalue weighted by atomic mass is 32.2. The summed E-state index contributed by atoms with van der Waals surface area (Å²) in [5.41, 5.74) is 3.60. The van der Waals surface area contributed by atoms with Gasteiger partial charge in [0, 0.05) is 29.7 Å². The third-order valence-electron chi connectivity index (χ3n) is 5.95. The molecule has 0 bridgehead atoms. The summed E-state index contributed by atoms with van der Waals surface area (Å²) < 4.78 is 47.5. The second kappa shape index (κ2) is 8.45. The maximum absolute atomic E-state index is 14.0. The van der Waals surface area contributed by atoms with Crippen molar-refractivity contribution in [2.45, 2.75) is 51.9 Å². The first-order valence-corrected chi connectivity index (χ1v) is 12.2. The van der Waals surface area contributed by atoms with Gasteiger partial charge in [0.1, 0.15) is 18.1 Å². The number of nitrogens with zero attached hydrogens (tertiary/aromatic N) is 1. The molecule has 1 aliphatic rings. The Labute approximate surface area is 189 Å². The van der Waals surface area contributed by atoms with Crippen molar-refractivity contribution in [2.75, 3.05) is 12.3 Å². The van der Waals surface area contributed by atoms with Crippen LogP contribution in [-0.4, -0.2) is 40.7 Å². The van der Waals surface area contributed by atoms with Gasteiger partial charge in [0.05, 0.1) is 11.2 Å². The van der Waals surface area contributed by atoms with E-state index in [4.69, 9.17) is 4.55 Å². The van der Waals surface area contributed by atoms with E-state index in [2.05, 4.69) is 20.8 Å². The molecule has 32 heavy (non-hydrogen) atoms. The van der Waals surface area contributed by atoms with E-state index >= 15 is 0 Å². The first-order valence-electron chi connectivity index (χ1n) is 10.6. The Morgan fingerprint density at radius 3 is 2.41 bits per heavy atom. The van der Waals surface area contributed by atoms with Gasteiger partial charge in [-0.1, -0.05) is 26.8 Å². The second-order valence-electron chi connectivity index (χ2n) is 9.82. The summed E-state index contributed by atoms with van der Waals surface area (Å²) >= 11 is 0. The van der Waals surface area contributed by atoms with Crippen LogP contribution in [0.5, 0.6) is 5.75 Å². The standard InChI is InChI=1S/C25H30FNO4S/c1-24(2,3)18-8-11-22(28)17(15-18)7-12-23-25(4,5)20-16-19(26)9-10-21(20)27(23)13-6-14-32(29,30)31/h7-12,15-16H,6,13-14H2,1-5H3,(H,29,30,31)/p+1. The molecule has 0 unspecified atom stereocenters. The normalized spacial score (nSPS) is 16.1. The molecule has 0 aromatic heterocycles. The second-order valence-corrected chi connectivity index (χ2v) is 11.4. The van der Waals surface area contributed by atoms with Gasteiger partial charge in [0.15, 0.2) is 5.71 Å². The lowest BCUT2D eigenvalue weighted by Crippen LogP contribution is -2.28. The van der Waals surface area contributed by atoms with Crippen molar-refractivity contribution in [3.8, 4) is 5.75 Å². The Morgan fingerprint density at radius 2 is 1.78 bits per heavy atom. The number of fused-ring (bicyclic) bond motifs is 1. The van der Waals surface area contributed by atoms with E-state index in [1.54, 1.807) is 12.1 Å². The fourth-order valence-corrected chi connectivity index (χ4v) is 4.61. The molecule has 0 amide bonds. The molecule has 0 saturated carbocycles. The van der Waals surface area contributed by atoms with E-state index in [0.29, 0.717) is 12.1 Å². The fraction of sp³-hybridized carbons (Fsp3) is 0.400. The average molecular weight is 461 g/mol. The van der Waals surface area contributed by atoms with Crippen molar-refractivity contribution in [1.29, 1.82) is 0 Å². The molecule has 0 atom stereocenters. The summed E-state index contributed by atoms with van der Waals surface area (Å²) in [6.45, 7) is 10.6. The van der Waals surface area contributed by atoms with Crippen molar-refractivity contribution >= 4 is 27.6 Å². The Balaban J connectivity index is 2.07. The molecule has 7 heteroatoms. The summed E-state index contributed by atoms with van der Waals surface area (Å²) in [7, 11) is -4.07. The molecule has 1 aliphatic heterocycles. The number of hydrogen-bond acceptors (Lipinski definition) is 3. The quantitative estimate of drug-likeness (QED) is 0.459. The molecule has 3 rings (SSSR count). The number of benzene rings is 2. The predicted octanol–water partition coefficient (Wildman–Crippen LogP) is 5.20. The Morgan fingerprint density at radius 1 is 1.09 bits per heavy atom. The Bertz CT molecular complexity index is 1200. The van der Waals surface area contributed by atoms with Crippen molar-refractivity contribution in [1.82, 2.24) is 0 Å². The van der Waals surface area contributed by atoms with Gasteiger partial charge in [-0.2, -0.15) is 13.0 Å². The Hall–Kier alpha value is -2.51. The highest BCUT2D eigenvalue weighted by Crippen LogP contribution is 2.41. The van der Waals surface area contributed by atoms with Gasteiger partial charge in [-0.3, -0.25) is 4.55 Å². The SMILES string of the molecule is CC(C)(C)c1ccc(O)c(/C=C/C2=[N+](CCCS(=O)(=O)O)c3ccc(F)cc3C2(C)C)c1. The minimum absolute atomic E-state index is 0.0777. The lowest BCUT2D eigenvalue weighted by atomic mass is 9.81. The van der Waals surface area contributed by atoms with Crippen LogP contribution in [0.15, 0.2) is 42.5 Å².